The van der Waals surface area contributed by atoms with E-state index in [2.05, 4.69) is 0 Å². The zero-order valence-electron chi connectivity index (χ0n) is 9.09. The molecule has 1 aliphatic heterocycles. The summed E-state index contributed by atoms with van der Waals surface area (Å²) in [6.45, 7) is 1.94. The molecule has 2 fully saturated rings. The van der Waals surface area contributed by atoms with Crippen LogP contribution >= 0.6 is 0 Å². The summed E-state index contributed by atoms with van der Waals surface area (Å²) in [7, 11) is -3.22. The van der Waals surface area contributed by atoms with Crippen molar-refractivity contribution < 1.29 is 13.2 Å². The first-order chi connectivity index (χ1) is 7.58. The fourth-order valence-electron chi connectivity index (χ4n) is 2.40. The second kappa shape index (κ2) is 3.08. The van der Waals surface area contributed by atoms with Gasteiger partial charge in [-0.25, -0.2) is 8.42 Å². The topological polar surface area (TPSA) is 46.7 Å². The van der Waals surface area contributed by atoms with Crippen molar-refractivity contribution in [2.24, 2.45) is 0 Å². The Balaban J connectivity index is 2.01. The largest absolute Gasteiger partial charge is 0.368 e. The first kappa shape index (κ1) is 10.3. The predicted octanol–water partition coefficient (Wildman–Crippen LogP) is 1.78. The Morgan fingerprint density at radius 2 is 1.81 bits per heavy atom. The highest BCUT2D eigenvalue weighted by Gasteiger charge is 2.67. The summed E-state index contributed by atoms with van der Waals surface area (Å²) >= 11 is 0. The molecule has 0 N–H and O–H groups in total. The molecule has 86 valence electrons. The van der Waals surface area contributed by atoms with Crippen LogP contribution in [0.5, 0.6) is 0 Å². The van der Waals surface area contributed by atoms with Crippen LogP contribution in [0.1, 0.15) is 19.8 Å². The molecule has 1 aromatic rings. The van der Waals surface area contributed by atoms with Crippen molar-refractivity contribution in [3.05, 3.63) is 30.3 Å². The summed E-state index contributed by atoms with van der Waals surface area (Å²) < 4.78 is 29.7. The molecule has 1 aliphatic carbocycles. The molecule has 1 saturated heterocycles. The van der Waals surface area contributed by atoms with E-state index in [9.17, 15) is 8.42 Å². The van der Waals surface area contributed by atoms with E-state index in [0.717, 1.165) is 12.8 Å². The van der Waals surface area contributed by atoms with E-state index in [0.29, 0.717) is 4.90 Å². The molecule has 16 heavy (non-hydrogen) atoms. The van der Waals surface area contributed by atoms with Crippen LogP contribution in [0.4, 0.5) is 0 Å². The van der Waals surface area contributed by atoms with E-state index in [1.165, 1.54) is 0 Å². The van der Waals surface area contributed by atoms with Crippen LogP contribution in [-0.2, 0) is 14.6 Å². The van der Waals surface area contributed by atoms with E-state index < -0.39 is 14.6 Å². The molecule has 1 aromatic carbocycles. The van der Waals surface area contributed by atoms with E-state index in [-0.39, 0.29) is 12.2 Å². The van der Waals surface area contributed by atoms with Crippen molar-refractivity contribution in [2.75, 3.05) is 0 Å². The van der Waals surface area contributed by atoms with Crippen LogP contribution < -0.4 is 0 Å². The Morgan fingerprint density at radius 3 is 2.25 bits per heavy atom. The zero-order valence-corrected chi connectivity index (χ0v) is 9.91. The molecule has 0 bridgehead atoms. The number of hydrogen-bond acceptors (Lipinski definition) is 3. The molecule has 1 saturated carbocycles. The molecule has 2 atom stereocenters. The number of rotatable bonds is 3. The maximum Gasteiger partial charge on any atom is 0.186 e. The second-order valence-electron chi connectivity index (χ2n) is 4.64. The summed E-state index contributed by atoms with van der Waals surface area (Å²) in [5.74, 6) is 0. The molecule has 0 aromatic heterocycles. The molecule has 4 heteroatoms. The summed E-state index contributed by atoms with van der Waals surface area (Å²) in [6.07, 6.45) is 1.48. The molecule has 2 aliphatic rings. The molecule has 3 rings (SSSR count). The highest BCUT2D eigenvalue weighted by molar-refractivity contribution is 7.93. The summed E-state index contributed by atoms with van der Waals surface area (Å²) in [6, 6.07) is 8.69. The lowest BCUT2D eigenvalue weighted by molar-refractivity contribution is 0.366. The van der Waals surface area contributed by atoms with Crippen molar-refractivity contribution in [2.45, 2.75) is 41.6 Å². The first-order valence-electron chi connectivity index (χ1n) is 5.53. The van der Waals surface area contributed by atoms with Gasteiger partial charge in [0.25, 0.3) is 0 Å². The van der Waals surface area contributed by atoms with E-state index in [1.54, 1.807) is 24.3 Å². The van der Waals surface area contributed by atoms with Crippen LogP contribution in [0.15, 0.2) is 35.2 Å². The average molecular weight is 238 g/mol. The van der Waals surface area contributed by atoms with Gasteiger partial charge in [-0.15, -0.1) is 0 Å². The summed E-state index contributed by atoms with van der Waals surface area (Å²) in [5.41, 5.74) is 0. The predicted molar refractivity (Wildman–Crippen MR) is 59.9 cm³/mol. The molecular weight excluding hydrogens is 224 g/mol. The molecular formula is C12H14O3S. The monoisotopic (exact) mass is 238 g/mol. The Bertz CT molecular complexity index is 502. The number of epoxide rings is 1. The minimum atomic E-state index is -3.22. The van der Waals surface area contributed by atoms with Crippen LogP contribution in [0.3, 0.4) is 0 Å². The zero-order chi connectivity index (χ0) is 11.4. The normalized spacial score (nSPS) is 31.1. The van der Waals surface area contributed by atoms with Gasteiger partial charge in [0.2, 0.25) is 0 Å². The average Bonchev–Trinajstić information content (AvgIpc) is 3.14. The standard InChI is InChI=1S/C12H14O3S/c1-9-11(15-9)12(7-8-12)16(13,14)10-5-3-2-4-6-10/h2-6,9,11H,7-8H2,1H3. The number of sulfone groups is 1. The third-order valence-corrected chi connectivity index (χ3v) is 6.16. The number of benzene rings is 1. The summed E-state index contributed by atoms with van der Waals surface area (Å²) in [5, 5.41) is 0. The van der Waals surface area contributed by atoms with Crippen molar-refractivity contribution in [3.63, 3.8) is 0 Å². The Morgan fingerprint density at radius 1 is 1.25 bits per heavy atom. The Hall–Kier alpha value is -0.870. The van der Waals surface area contributed by atoms with Gasteiger partial charge < -0.3 is 4.74 Å². The van der Waals surface area contributed by atoms with Gasteiger partial charge in [0.15, 0.2) is 9.84 Å². The maximum absolute atomic E-state index is 12.5. The number of ether oxygens (including phenoxy) is 1. The van der Waals surface area contributed by atoms with Gasteiger partial charge >= 0.3 is 0 Å². The van der Waals surface area contributed by atoms with E-state index in [4.69, 9.17) is 4.74 Å². The molecule has 3 nitrogen and oxygen atoms in total. The molecule has 0 spiro atoms. The van der Waals surface area contributed by atoms with Gasteiger partial charge in [-0.1, -0.05) is 18.2 Å². The second-order valence-corrected chi connectivity index (χ2v) is 6.93. The SMILES string of the molecule is CC1OC1C1(S(=O)(=O)c2ccccc2)CC1. The Kier molecular flexibility index (Phi) is 1.98. The van der Waals surface area contributed by atoms with Crippen LogP contribution in [0.2, 0.25) is 0 Å². The van der Waals surface area contributed by atoms with Gasteiger partial charge in [0, 0.05) is 0 Å². The van der Waals surface area contributed by atoms with Crippen molar-refractivity contribution in [3.8, 4) is 0 Å². The highest BCUT2D eigenvalue weighted by atomic mass is 32.2. The quantitative estimate of drug-likeness (QED) is 0.754. The van der Waals surface area contributed by atoms with Crippen molar-refractivity contribution >= 4 is 9.84 Å². The molecule has 2 unspecified atom stereocenters. The molecule has 0 radical (unpaired) electrons. The van der Waals surface area contributed by atoms with Gasteiger partial charge in [-0.3, -0.25) is 0 Å². The van der Waals surface area contributed by atoms with E-state index in [1.807, 2.05) is 13.0 Å². The third kappa shape index (κ3) is 1.26. The van der Waals surface area contributed by atoms with Crippen molar-refractivity contribution in [1.82, 2.24) is 0 Å². The van der Waals surface area contributed by atoms with Crippen LogP contribution in [0.25, 0.3) is 0 Å². The fraction of sp³-hybridized carbons (Fsp3) is 0.500. The minimum absolute atomic E-state index is 0.0855. The van der Waals surface area contributed by atoms with Crippen LogP contribution in [-0.4, -0.2) is 25.4 Å². The molecule has 1 heterocycles. The lowest BCUT2D eigenvalue weighted by Gasteiger charge is -2.13. The minimum Gasteiger partial charge on any atom is -0.368 e. The van der Waals surface area contributed by atoms with Gasteiger partial charge in [0.1, 0.15) is 10.9 Å². The maximum atomic E-state index is 12.5. The van der Waals surface area contributed by atoms with Gasteiger partial charge in [-0.2, -0.15) is 0 Å². The van der Waals surface area contributed by atoms with Gasteiger partial charge in [-0.05, 0) is 31.9 Å². The smallest absolute Gasteiger partial charge is 0.186 e. The van der Waals surface area contributed by atoms with E-state index >= 15 is 0 Å². The fourth-order valence-corrected chi connectivity index (χ4v) is 4.58. The summed E-state index contributed by atoms with van der Waals surface area (Å²) in [4.78, 5) is 0.426. The highest BCUT2D eigenvalue weighted by Crippen LogP contribution is 2.56. The van der Waals surface area contributed by atoms with Crippen molar-refractivity contribution in [1.29, 1.82) is 0 Å². The number of hydrogen-bond donors (Lipinski definition) is 0. The third-order valence-electron chi connectivity index (χ3n) is 3.56. The lowest BCUT2D eigenvalue weighted by Crippen LogP contribution is -2.30. The molecule has 0 amide bonds. The first-order valence-corrected chi connectivity index (χ1v) is 7.01. The lowest BCUT2D eigenvalue weighted by atomic mass is 10.2. The Labute approximate surface area is 95.3 Å². The van der Waals surface area contributed by atoms with Crippen LogP contribution in [0, 0.1) is 0 Å². The van der Waals surface area contributed by atoms with Gasteiger partial charge in [0.05, 0.1) is 11.0 Å².